The summed E-state index contributed by atoms with van der Waals surface area (Å²) in [5.74, 6) is 0.277. The maximum Gasteiger partial charge on any atom is 0.273 e. The number of hydrazone groups is 1. The molecule has 0 bridgehead atoms. The number of amides is 1. The summed E-state index contributed by atoms with van der Waals surface area (Å²) in [5.41, 5.74) is 4.29. The van der Waals surface area contributed by atoms with E-state index in [0.29, 0.717) is 29.0 Å². The number of ether oxygens (including phenoxy) is 1. The van der Waals surface area contributed by atoms with Gasteiger partial charge in [0.2, 0.25) is 0 Å². The third-order valence-corrected chi connectivity index (χ3v) is 3.64. The van der Waals surface area contributed by atoms with Crippen LogP contribution in [-0.2, 0) is 11.2 Å². The molecule has 0 atom stereocenters. The van der Waals surface area contributed by atoms with E-state index in [2.05, 4.69) is 15.8 Å². The van der Waals surface area contributed by atoms with Crippen LogP contribution in [0.15, 0.2) is 47.6 Å². The van der Waals surface area contributed by atoms with Crippen molar-refractivity contribution in [3.05, 3.63) is 63.7 Å². The third kappa shape index (κ3) is 5.04. The molecule has 2 aromatic rings. The maximum absolute atomic E-state index is 11.8. The Bertz CT molecular complexity index is 821. The van der Waals surface area contributed by atoms with E-state index in [1.54, 1.807) is 31.4 Å². The number of carbonyl (C=O) groups is 1. The Labute approximate surface area is 151 Å². The average molecular weight is 356 g/mol. The molecule has 0 saturated heterocycles. The molecule has 0 aliphatic carbocycles. The van der Waals surface area contributed by atoms with E-state index >= 15 is 0 Å². The summed E-state index contributed by atoms with van der Waals surface area (Å²) in [7, 11) is 1.55. The van der Waals surface area contributed by atoms with Gasteiger partial charge in [0.25, 0.3) is 11.6 Å². The van der Waals surface area contributed by atoms with Gasteiger partial charge >= 0.3 is 0 Å². The van der Waals surface area contributed by atoms with Crippen LogP contribution in [0.3, 0.4) is 0 Å². The summed E-state index contributed by atoms with van der Waals surface area (Å²) in [6.07, 6.45) is 1.94. The van der Waals surface area contributed by atoms with E-state index < -0.39 is 4.92 Å². The number of aryl methyl sites for hydroxylation is 1. The van der Waals surface area contributed by atoms with Crippen LogP contribution >= 0.6 is 0 Å². The number of carbonyl (C=O) groups excluding carboxylic acids is 1. The van der Waals surface area contributed by atoms with Gasteiger partial charge in [-0.05, 0) is 18.6 Å². The van der Waals surface area contributed by atoms with Gasteiger partial charge in [-0.25, -0.2) is 5.43 Å². The zero-order chi connectivity index (χ0) is 18.9. The Morgan fingerprint density at radius 1 is 1.31 bits per heavy atom. The van der Waals surface area contributed by atoms with Crippen molar-refractivity contribution in [2.45, 2.75) is 13.3 Å². The van der Waals surface area contributed by atoms with Crippen LogP contribution in [0, 0.1) is 10.1 Å². The highest BCUT2D eigenvalue weighted by Crippen LogP contribution is 2.22. The minimum absolute atomic E-state index is 0.00658. The minimum atomic E-state index is -0.425. The highest BCUT2D eigenvalue weighted by Gasteiger charge is 2.12. The summed E-state index contributed by atoms with van der Waals surface area (Å²) in [6, 6.07) is 12.1. The Morgan fingerprint density at radius 3 is 2.77 bits per heavy atom. The fourth-order valence-corrected chi connectivity index (χ4v) is 2.31. The zero-order valence-corrected chi connectivity index (χ0v) is 14.6. The van der Waals surface area contributed by atoms with Crippen LogP contribution < -0.4 is 15.5 Å². The molecule has 26 heavy (non-hydrogen) atoms. The van der Waals surface area contributed by atoms with Crippen LogP contribution in [0.2, 0.25) is 0 Å². The van der Waals surface area contributed by atoms with Crippen molar-refractivity contribution in [1.29, 1.82) is 0 Å². The molecule has 0 aliphatic rings. The second kappa shape index (κ2) is 9.16. The quantitative estimate of drug-likeness (QED) is 0.430. The molecule has 2 N–H and O–H groups in total. The van der Waals surface area contributed by atoms with Crippen LogP contribution in [0.1, 0.15) is 18.1 Å². The number of hydrogen-bond acceptors (Lipinski definition) is 6. The molecular weight excluding hydrogens is 336 g/mol. The van der Waals surface area contributed by atoms with Crippen molar-refractivity contribution >= 4 is 23.5 Å². The summed E-state index contributed by atoms with van der Waals surface area (Å²) < 4.78 is 5.19. The van der Waals surface area contributed by atoms with Crippen molar-refractivity contribution in [1.82, 2.24) is 5.43 Å². The van der Waals surface area contributed by atoms with Crippen LogP contribution in [-0.4, -0.2) is 30.7 Å². The highest BCUT2D eigenvalue weighted by molar-refractivity contribution is 5.85. The minimum Gasteiger partial charge on any atom is -0.495 e. The number of hydrogen-bond donors (Lipinski definition) is 2. The molecule has 2 aromatic carbocycles. The predicted octanol–water partition coefficient (Wildman–Crippen LogP) is 2.73. The number of nitro benzene ring substituents is 1. The van der Waals surface area contributed by atoms with Gasteiger partial charge in [0, 0.05) is 17.2 Å². The van der Waals surface area contributed by atoms with Gasteiger partial charge < -0.3 is 10.1 Å². The van der Waals surface area contributed by atoms with E-state index in [9.17, 15) is 14.9 Å². The maximum atomic E-state index is 11.8. The lowest BCUT2D eigenvalue weighted by Gasteiger charge is -2.09. The first-order valence-corrected chi connectivity index (χ1v) is 8.01. The summed E-state index contributed by atoms with van der Waals surface area (Å²) >= 11 is 0. The smallest absolute Gasteiger partial charge is 0.273 e. The highest BCUT2D eigenvalue weighted by atomic mass is 16.6. The average Bonchev–Trinajstić information content (AvgIpc) is 2.66. The predicted molar refractivity (Wildman–Crippen MR) is 99.7 cm³/mol. The first-order chi connectivity index (χ1) is 12.5. The molecule has 0 unspecified atom stereocenters. The molecule has 8 heteroatoms. The lowest BCUT2D eigenvalue weighted by Crippen LogP contribution is -2.26. The topological polar surface area (TPSA) is 106 Å². The van der Waals surface area contributed by atoms with E-state index in [1.165, 1.54) is 12.3 Å². The number of nitrogens with one attached hydrogen (secondary N) is 2. The summed E-state index contributed by atoms with van der Waals surface area (Å²) in [4.78, 5) is 22.5. The Morgan fingerprint density at radius 2 is 2.08 bits per heavy atom. The third-order valence-electron chi connectivity index (χ3n) is 3.64. The molecule has 2 rings (SSSR count). The fourth-order valence-electron chi connectivity index (χ4n) is 2.31. The van der Waals surface area contributed by atoms with E-state index in [1.807, 2.05) is 19.1 Å². The van der Waals surface area contributed by atoms with Gasteiger partial charge in [-0.2, -0.15) is 5.10 Å². The molecule has 0 heterocycles. The van der Waals surface area contributed by atoms with E-state index in [0.717, 1.165) is 0 Å². The molecule has 1 amide bonds. The second-order valence-electron chi connectivity index (χ2n) is 5.35. The van der Waals surface area contributed by atoms with Gasteiger partial charge in [-0.1, -0.05) is 31.2 Å². The van der Waals surface area contributed by atoms with Gasteiger partial charge in [0.1, 0.15) is 5.75 Å². The monoisotopic (exact) mass is 356 g/mol. The number of nitro groups is 1. The second-order valence-corrected chi connectivity index (χ2v) is 5.35. The molecule has 0 fully saturated rings. The van der Waals surface area contributed by atoms with Gasteiger partial charge in [-0.15, -0.1) is 0 Å². The normalized spacial score (nSPS) is 10.5. The molecular formula is C18H20N4O4. The van der Waals surface area contributed by atoms with Gasteiger partial charge in [0.05, 0.1) is 30.5 Å². The number of anilines is 1. The number of nitrogens with zero attached hydrogens (tertiary/aromatic N) is 2. The van der Waals surface area contributed by atoms with Crippen molar-refractivity contribution < 1.29 is 14.5 Å². The number of benzene rings is 2. The van der Waals surface area contributed by atoms with E-state index in [4.69, 9.17) is 4.74 Å². The van der Waals surface area contributed by atoms with Crippen LogP contribution in [0.5, 0.6) is 5.75 Å². The zero-order valence-electron chi connectivity index (χ0n) is 14.6. The SMILES string of the molecule is CCc1ccc(/C=N\NC(=O)CNc2ccccc2OC)cc1[N+](=O)[O-]. The Hall–Kier alpha value is -3.42. The first kappa shape index (κ1) is 18.9. The largest absolute Gasteiger partial charge is 0.495 e. The molecule has 0 radical (unpaired) electrons. The van der Waals surface area contributed by atoms with Crippen molar-refractivity contribution in [3.63, 3.8) is 0 Å². The summed E-state index contributed by atoms with van der Waals surface area (Å²) in [5, 5.41) is 17.8. The molecule has 0 spiro atoms. The van der Waals surface area contributed by atoms with Crippen molar-refractivity contribution in [3.8, 4) is 5.75 Å². The fraction of sp³-hybridized carbons (Fsp3) is 0.222. The van der Waals surface area contributed by atoms with Crippen molar-refractivity contribution in [2.24, 2.45) is 5.10 Å². The van der Waals surface area contributed by atoms with Crippen LogP contribution in [0.4, 0.5) is 11.4 Å². The molecule has 0 aromatic heterocycles. The number of methoxy groups -OCH3 is 1. The lowest BCUT2D eigenvalue weighted by molar-refractivity contribution is -0.385. The van der Waals surface area contributed by atoms with Gasteiger partial charge in [-0.3, -0.25) is 14.9 Å². The molecule has 0 aliphatic heterocycles. The molecule has 8 nitrogen and oxygen atoms in total. The molecule has 0 saturated carbocycles. The van der Waals surface area contributed by atoms with Crippen molar-refractivity contribution in [2.75, 3.05) is 19.0 Å². The van der Waals surface area contributed by atoms with E-state index in [-0.39, 0.29) is 18.1 Å². The Kier molecular flexibility index (Phi) is 6.67. The lowest BCUT2D eigenvalue weighted by atomic mass is 10.1. The summed E-state index contributed by atoms with van der Waals surface area (Å²) in [6.45, 7) is 1.86. The number of rotatable bonds is 8. The Balaban J connectivity index is 1.92. The standard InChI is InChI=1S/C18H20N4O4/c1-3-14-9-8-13(10-16(14)22(24)25)11-20-21-18(23)12-19-15-6-4-5-7-17(15)26-2/h4-11,19H,3,12H2,1-2H3,(H,21,23)/b20-11-. The molecule has 136 valence electrons. The number of para-hydroxylation sites is 2. The van der Waals surface area contributed by atoms with Gasteiger partial charge in [0.15, 0.2) is 0 Å². The van der Waals surface area contributed by atoms with Crippen LogP contribution in [0.25, 0.3) is 0 Å². The first-order valence-electron chi connectivity index (χ1n) is 8.01.